The first kappa shape index (κ1) is 14.9. The van der Waals surface area contributed by atoms with E-state index in [-0.39, 0.29) is 0 Å². The van der Waals surface area contributed by atoms with Crippen LogP contribution in [-0.4, -0.2) is 52.7 Å². The van der Waals surface area contributed by atoms with Gasteiger partial charge in [0.25, 0.3) is 0 Å². The van der Waals surface area contributed by atoms with Crippen LogP contribution in [0.25, 0.3) is 0 Å². The molecule has 0 atom stereocenters. The van der Waals surface area contributed by atoms with Crippen LogP contribution in [0.3, 0.4) is 0 Å². The number of hydrogen-bond acceptors (Lipinski definition) is 6. The fourth-order valence-electron chi connectivity index (χ4n) is 1.45. The molecule has 1 aromatic heterocycles. The molecule has 1 aromatic rings. The fourth-order valence-corrected chi connectivity index (χ4v) is 3.06. The van der Waals surface area contributed by atoms with Crippen molar-refractivity contribution in [3.8, 4) is 0 Å². The maximum Gasteiger partial charge on any atom is 0.170 e. The third-order valence-corrected chi connectivity index (χ3v) is 4.44. The van der Waals surface area contributed by atoms with Crippen molar-refractivity contribution in [1.29, 1.82) is 0 Å². The lowest BCUT2D eigenvalue weighted by molar-refractivity contribution is 0.303. The second-order valence-corrected chi connectivity index (χ2v) is 5.83. The third-order valence-electron chi connectivity index (χ3n) is 2.51. The number of likely N-dealkylation sites (N-methyl/N-ethyl adjacent to an activating group) is 1. The highest BCUT2D eigenvalue weighted by atomic mass is 32.2. The zero-order chi connectivity index (χ0) is 12.5. The molecule has 1 rings (SSSR count). The van der Waals surface area contributed by atoms with E-state index in [2.05, 4.69) is 33.4 Å². The molecule has 0 aliphatic heterocycles. The van der Waals surface area contributed by atoms with Crippen molar-refractivity contribution in [2.75, 3.05) is 38.5 Å². The van der Waals surface area contributed by atoms with E-state index in [0.29, 0.717) is 0 Å². The standard InChI is InChI=1S/C11H22N4S2/c1-4-15(5-2)8-6-12-7-9-16-11-13-10(3)14-17-11/h12H,4-9H2,1-3H3. The molecule has 4 nitrogen and oxygen atoms in total. The highest BCUT2D eigenvalue weighted by Gasteiger charge is 2.00. The van der Waals surface area contributed by atoms with Gasteiger partial charge in [-0.05, 0) is 31.5 Å². The number of nitrogens with zero attached hydrogens (tertiary/aromatic N) is 3. The van der Waals surface area contributed by atoms with E-state index in [1.54, 1.807) is 11.8 Å². The van der Waals surface area contributed by atoms with Gasteiger partial charge in [0.1, 0.15) is 5.82 Å². The Kier molecular flexibility index (Phi) is 7.75. The van der Waals surface area contributed by atoms with E-state index in [9.17, 15) is 0 Å². The normalized spacial score (nSPS) is 11.3. The Labute approximate surface area is 112 Å². The van der Waals surface area contributed by atoms with E-state index < -0.39 is 0 Å². The predicted molar refractivity (Wildman–Crippen MR) is 76.0 cm³/mol. The Hall–Kier alpha value is -0.170. The van der Waals surface area contributed by atoms with Crippen LogP contribution in [0.1, 0.15) is 19.7 Å². The van der Waals surface area contributed by atoms with Crippen LogP contribution in [0.2, 0.25) is 0 Å². The van der Waals surface area contributed by atoms with E-state index >= 15 is 0 Å². The molecule has 6 heteroatoms. The summed E-state index contributed by atoms with van der Waals surface area (Å²) in [7, 11) is 0. The first-order chi connectivity index (χ1) is 8.26. The lowest BCUT2D eigenvalue weighted by Gasteiger charge is -2.17. The smallest absolute Gasteiger partial charge is 0.170 e. The van der Waals surface area contributed by atoms with Crippen LogP contribution in [-0.2, 0) is 0 Å². The maximum atomic E-state index is 4.32. The Balaban J connectivity index is 1.97. The molecule has 0 saturated heterocycles. The van der Waals surface area contributed by atoms with Crippen LogP contribution in [0, 0.1) is 6.92 Å². The van der Waals surface area contributed by atoms with Gasteiger partial charge in [0.15, 0.2) is 4.34 Å². The molecule has 98 valence electrons. The molecule has 1 N–H and O–H groups in total. The van der Waals surface area contributed by atoms with Gasteiger partial charge in [-0.25, -0.2) is 4.98 Å². The summed E-state index contributed by atoms with van der Waals surface area (Å²) in [6.07, 6.45) is 0. The Bertz CT molecular complexity index is 299. The number of thioether (sulfide) groups is 1. The average molecular weight is 274 g/mol. The molecule has 0 aliphatic rings. The van der Waals surface area contributed by atoms with Gasteiger partial charge in [-0.15, -0.1) is 0 Å². The van der Waals surface area contributed by atoms with Crippen molar-refractivity contribution in [3.05, 3.63) is 5.82 Å². The minimum Gasteiger partial charge on any atom is -0.315 e. The molecule has 0 aromatic carbocycles. The van der Waals surface area contributed by atoms with Crippen LogP contribution in [0.15, 0.2) is 4.34 Å². The van der Waals surface area contributed by atoms with Gasteiger partial charge in [-0.2, -0.15) is 4.37 Å². The molecule has 0 fully saturated rings. The lowest BCUT2D eigenvalue weighted by Crippen LogP contribution is -2.32. The zero-order valence-electron chi connectivity index (χ0n) is 10.9. The van der Waals surface area contributed by atoms with Gasteiger partial charge in [0, 0.05) is 25.4 Å². The molecule has 0 spiro atoms. The summed E-state index contributed by atoms with van der Waals surface area (Å²) in [4.78, 5) is 6.74. The molecule has 0 saturated carbocycles. The van der Waals surface area contributed by atoms with Gasteiger partial charge < -0.3 is 10.2 Å². The summed E-state index contributed by atoms with van der Waals surface area (Å²) in [6, 6.07) is 0. The maximum absolute atomic E-state index is 4.32. The summed E-state index contributed by atoms with van der Waals surface area (Å²) < 4.78 is 5.24. The van der Waals surface area contributed by atoms with E-state index in [1.807, 2.05) is 6.92 Å². The molecular formula is C11H22N4S2. The van der Waals surface area contributed by atoms with Gasteiger partial charge >= 0.3 is 0 Å². The molecule has 0 aliphatic carbocycles. The minimum absolute atomic E-state index is 0.881. The third kappa shape index (κ3) is 6.35. The van der Waals surface area contributed by atoms with Crippen molar-refractivity contribution < 1.29 is 0 Å². The average Bonchev–Trinajstić information content (AvgIpc) is 2.74. The molecule has 0 amide bonds. The molecule has 1 heterocycles. The van der Waals surface area contributed by atoms with Crippen LogP contribution in [0.5, 0.6) is 0 Å². The number of hydrogen-bond donors (Lipinski definition) is 1. The topological polar surface area (TPSA) is 41.0 Å². The van der Waals surface area contributed by atoms with Gasteiger partial charge in [0.05, 0.1) is 0 Å². The molecular weight excluding hydrogens is 252 g/mol. The Morgan fingerprint density at radius 3 is 2.65 bits per heavy atom. The van der Waals surface area contributed by atoms with Gasteiger partial charge in [-0.3, -0.25) is 0 Å². The largest absolute Gasteiger partial charge is 0.315 e. The highest BCUT2D eigenvalue weighted by molar-refractivity contribution is 8.00. The minimum atomic E-state index is 0.881. The summed E-state index contributed by atoms with van der Waals surface area (Å²) >= 11 is 3.27. The van der Waals surface area contributed by atoms with Crippen molar-refractivity contribution in [1.82, 2.24) is 19.6 Å². The van der Waals surface area contributed by atoms with Gasteiger partial charge in [-0.1, -0.05) is 25.6 Å². The van der Waals surface area contributed by atoms with Crippen LogP contribution < -0.4 is 5.32 Å². The van der Waals surface area contributed by atoms with Crippen molar-refractivity contribution in [2.45, 2.75) is 25.1 Å². The van der Waals surface area contributed by atoms with Gasteiger partial charge in [0.2, 0.25) is 0 Å². The highest BCUT2D eigenvalue weighted by Crippen LogP contribution is 2.18. The van der Waals surface area contributed by atoms with E-state index in [4.69, 9.17) is 0 Å². The number of rotatable bonds is 9. The SMILES string of the molecule is CCN(CC)CCNCCSc1nc(C)ns1. The first-order valence-corrected chi connectivity index (χ1v) is 7.88. The van der Waals surface area contributed by atoms with Crippen molar-refractivity contribution in [2.24, 2.45) is 0 Å². The number of aromatic nitrogens is 2. The fraction of sp³-hybridized carbons (Fsp3) is 0.818. The Morgan fingerprint density at radius 2 is 2.06 bits per heavy atom. The summed E-state index contributed by atoms with van der Waals surface area (Å²) in [6.45, 7) is 11.8. The predicted octanol–water partition coefficient (Wildman–Crippen LogP) is 1.87. The van der Waals surface area contributed by atoms with E-state index in [0.717, 1.165) is 48.6 Å². The number of aryl methyl sites for hydroxylation is 1. The van der Waals surface area contributed by atoms with Crippen molar-refractivity contribution >= 4 is 23.3 Å². The summed E-state index contributed by atoms with van der Waals surface area (Å²) in [5.74, 6) is 1.94. The molecule has 0 unspecified atom stereocenters. The number of nitrogens with one attached hydrogen (secondary N) is 1. The molecule has 17 heavy (non-hydrogen) atoms. The Morgan fingerprint density at radius 1 is 1.29 bits per heavy atom. The lowest BCUT2D eigenvalue weighted by atomic mass is 10.4. The molecule has 0 radical (unpaired) electrons. The first-order valence-electron chi connectivity index (χ1n) is 6.12. The quantitative estimate of drug-likeness (QED) is 0.550. The summed E-state index contributed by atoms with van der Waals surface area (Å²) in [5, 5.41) is 3.46. The van der Waals surface area contributed by atoms with E-state index in [1.165, 1.54) is 11.5 Å². The monoisotopic (exact) mass is 274 g/mol. The summed E-state index contributed by atoms with van der Waals surface area (Å²) in [5.41, 5.74) is 0. The molecule has 0 bridgehead atoms. The zero-order valence-corrected chi connectivity index (χ0v) is 12.5. The second kappa shape index (κ2) is 8.85. The van der Waals surface area contributed by atoms with Crippen LogP contribution >= 0.6 is 23.3 Å². The van der Waals surface area contributed by atoms with Crippen molar-refractivity contribution in [3.63, 3.8) is 0 Å². The second-order valence-electron chi connectivity index (χ2n) is 3.73. The van der Waals surface area contributed by atoms with Crippen LogP contribution in [0.4, 0.5) is 0 Å².